The van der Waals surface area contributed by atoms with Gasteiger partial charge in [-0.2, -0.15) is 0 Å². The number of benzene rings is 1. The Kier molecular flexibility index (Phi) is 9.74. The molecule has 2 atom stereocenters. The van der Waals surface area contributed by atoms with Crippen molar-refractivity contribution in [1.82, 2.24) is 10.9 Å². The summed E-state index contributed by atoms with van der Waals surface area (Å²) in [6, 6.07) is 6.64. The van der Waals surface area contributed by atoms with Gasteiger partial charge in [-0.05, 0) is 25.0 Å². The van der Waals surface area contributed by atoms with Gasteiger partial charge in [0.2, 0.25) is 5.91 Å². The Hall–Kier alpha value is -1.41. The van der Waals surface area contributed by atoms with E-state index < -0.39 is 5.91 Å². The van der Waals surface area contributed by atoms with Crippen LogP contribution in [0.2, 0.25) is 0 Å². The highest BCUT2D eigenvalue weighted by Gasteiger charge is 2.19. The molecule has 3 N–H and O–H groups in total. The first-order chi connectivity index (χ1) is 11.9. The predicted molar refractivity (Wildman–Crippen MR) is 106 cm³/mol. The third-order valence-corrected chi connectivity index (χ3v) is 5.13. The van der Waals surface area contributed by atoms with Crippen molar-refractivity contribution in [3.8, 4) is 0 Å². The first-order valence-corrected chi connectivity index (χ1v) is 10.0. The lowest BCUT2D eigenvalue weighted by atomic mass is 10.1. The average molecular weight is 477 g/mol. The molecule has 3 amide bonds. The summed E-state index contributed by atoms with van der Waals surface area (Å²) >= 11 is 6.59. The van der Waals surface area contributed by atoms with Crippen LogP contribution in [0.5, 0.6) is 0 Å². The number of nitrogens with one attached hydrogen (secondary N) is 3. The molecule has 6 nitrogen and oxygen atoms in total. The highest BCUT2D eigenvalue weighted by atomic mass is 79.9. The normalized spacial score (nSPS) is 12.8. The Balaban J connectivity index is 2.73. The molecule has 0 radical (unpaired) electrons. The predicted octanol–water partition coefficient (Wildman–Crippen LogP) is 3.51. The quantitative estimate of drug-likeness (QED) is 0.396. The molecule has 0 aliphatic rings. The lowest BCUT2D eigenvalue weighted by Crippen LogP contribution is -2.45. The lowest BCUT2D eigenvalue weighted by molar-refractivity contribution is -0.121. The second kappa shape index (κ2) is 11.3. The molecule has 0 heterocycles. The SMILES string of the molecule is CCC[C@H](Br)C(=O)NNC(=O)c1ccccc1NC(=O)[C@@H](Br)CCC. The molecule has 0 spiro atoms. The van der Waals surface area contributed by atoms with E-state index in [2.05, 4.69) is 48.0 Å². The van der Waals surface area contributed by atoms with Gasteiger partial charge >= 0.3 is 0 Å². The molecular formula is C17H23Br2N3O3. The maximum Gasteiger partial charge on any atom is 0.271 e. The molecule has 0 aliphatic carbocycles. The van der Waals surface area contributed by atoms with Crippen LogP contribution in [-0.4, -0.2) is 27.4 Å². The molecule has 0 saturated carbocycles. The van der Waals surface area contributed by atoms with Crippen molar-refractivity contribution in [2.45, 2.75) is 49.2 Å². The topological polar surface area (TPSA) is 87.3 Å². The number of amides is 3. The van der Waals surface area contributed by atoms with Gasteiger partial charge in [0.25, 0.3) is 11.8 Å². The molecule has 8 heteroatoms. The minimum Gasteiger partial charge on any atom is -0.324 e. The fraction of sp³-hybridized carbons (Fsp3) is 0.471. The number of rotatable bonds is 8. The van der Waals surface area contributed by atoms with Crippen LogP contribution in [-0.2, 0) is 9.59 Å². The molecule has 0 bridgehead atoms. The first kappa shape index (κ1) is 21.6. The molecule has 0 unspecified atom stereocenters. The molecule has 138 valence electrons. The largest absolute Gasteiger partial charge is 0.324 e. The molecule has 25 heavy (non-hydrogen) atoms. The molecular weight excluding hydrogens is 454 g/mol. The Bertz CT molecular complexity index is 611. The average Bonchev–Trinajstić information content (AvgIpc) is 2.60. The molecule has 0 aromatic heterocycles. The summed E-state index contributed by atoms with van der Waals surface area (Å²) in [5.74, 6) is -1.03. The Morgan fingerprint density at radius 1 is 0.920 bits per heavy atom. The van der Waals surface area contributed by atoms with Gasteiger partial charge in [-0.3, -0.25) is 25.2 Å². The van der Waals surface area contributed by atoms with E-state index in [1.807, 2.05) is 13.8 Å². The maximum atomic E-state index is 12.3. The molecule has 1 rings (SSSR count). The molecule has 0 fully saturated rings. The molecule has 1 aromatic carbocycles. The van der Waals surface area contributed by atoms with E-state index in [-0.39, 0.29) is 27.0 Å². The summed E-state index contributed by atoms with van der Waals surface area (Å²) in [7, 11) is 0. The van der Waals surface area contributed by atoms with Crippen LogP contribution >= 0.6 is 31.9 Å². The van der Waals surface area contributed by atoms with Crippen LogP contribution < -0.4 is 16.2 Å². The molecule has 1 aromatic rings. The summed E-state index contributed by atoms with van der Waals surface area (Å²) in [6.45, 7) is 3.95. The van der Waals surface area contributed by atoms with Crippen LogP contribution in [0.3, 0.4) is 0 Å². The van der Waals surface area contributed by atoms with Crippen LogP contribution in [0, 0.1) is 0 Å². The van der Waals surface area contributed by atoms with E-state index in [9.17, 15) is 14.4 Å². The Morgan fingerprint density at radius 3 is 2.08 bits per heavy atom. The lowest BCUT2D eigenvalue weighted by Gasteiger charge is -2.15. The number of para-hydroxylation sites is 1. The van der Waals surface area contributed by atoms with Crippen molar-refractivity contribution in [2.24, 2.45) is 0 Å². The summed E-state index contributed by atoms with van der Waals surface area (Å²) < 4.78 is 0. The van der Waals surface area contributed by atoms with Gasteiger partial charge in [-0.15, -0.1) is 0 Å². The molecule has 0 saturated heterocycles. The third-order valence-electron chi connectivity index (χ3n) is 3.38. The van der Waals surface area contributed by atoms with Crippen molar-refractivity contribution in [3.63, 3.8) is 0 Å². The van der Waals surface area contributed by atoms with Crippen molar-refractivity contribution in [2.75, 3.05) is 5.32 Å². The van der Waals surface area contributed by atoms with Crippen LogP contribution in [0.15, 0.2) is 24.3 Å². The highest BCUT2D eigenvalue weighted by Crippen LogP contribution is 2.17. The molecule has 0 aliphatic heterocycles. The standard InChI is InChI=1S/C17H23Br2N3O3/c1-3-7-12(18)16(24)20-14-10-6-5-9-11(14)15(23)21-22-17(25)13(19)8-4-2/h5-6,9-10,12-13H,3-4,7-8H2,1-2H3,(H,20,24)(H,21,23)(H,22,25)/t12-,13-/m0/s1. The summed E-state index contributed by atoms with van der Waals surface area (Å²) in [6.07, 6.45) is 3.07. The second-order valence-corrected chi connectivity index (χ2v) is 7.70. The number of alkyl halides is 2. The van der Waals surface area contributed by atoms with Crippen LogP contribution in [0.25, 0.3) is 0 Å². The number of carbonyl (C=O) groups is 3. The summed E-state index contributed by atoms with van der Waals surface area (Å²) in [4.78, 5) is 35.6. The fourth-order valence-electron chi connectivity index (χ4n) is 2.03. The summed E-state index contributed by atoms with van der Waals surface area (Å²) in [5.41, 5.74) is 5.42. The van der Waals surface area contributed by atoms with Crippen LogP contribution in [0.1, 0.15) is 49.9 Å². The fourth-order valence-corrected chi connectivity index (χ4v) is 3.18. The zero-order valence-electron chi connectivity index (χ0n) is 14.3. The number of hydrazine groups is 1. The first-order valence-electron chi connectivity index (χ1n) is 8.18. The Morgan fingerprint density at radius 2 is 1.48 bits per heavy atom. The minimum atomic E-state index is -0.498. The van der Waals surface area contributed by atoms with Crippen LogP contribution in [0.4, 0.5) is 5.69 Å². The van der Waals surface area contributed by atoms with Gasteiger partial charge in [0.05, 0.1) is 20.9 Å². The number of carbonyl (C=O) groups excluding carboxylic acids is 3. The maximum absolute atomic E-state index is 12.3. The van der Waals surface area contributed by atoms with E-state index in [0.29, 0.717) is 18.5 Å². The van der Waals surface area contributed by atoms with Crippen molar-refractivity contribution < 1.29 is 14.4 Å². The van der Waals surface area contributed by atoms with Gasteiger partial charge in [0, 0.05) is 0 Å². The van der Waals surface area contributed by atoms with E-state index in [1.54, 1.807) is 24.3 Å². The Labute approximate surface area is 164 Å². The number of anilines is 1. The van der Waals surface area contributed by atoms with E-state index in [0.717, 1.165) is 12.8 Å². The van der Waals surface area contributed by atoms with E-state index >= 15 is 0 Å². The monoisotopic (exact) mass is 475 g/mol. The smallest absolute Gasteiger partial charge is 0.271 e. The van der Waals surface area contributed by atoms with Crippen molar-refractivity contribution >= 4 is 55.3 Å². The number of halogens is 2. The number of hydrogen-bond donors (Lipinski definition) is 3. The van der Waals surface area contributed by atoms with Gasteiger partial charge in [-0.25, -0.2) is 0 Å². The van der Waals surface area contributed by atoms with E-state index in [4.69, 9.17) is 0 Å². The van der Waals surface area contributed by atoms with Gasteiger partial charge in [-0.1, -0.05) is 70.7 Å². The van der Waals surface area contributed by atoms with Gasteiger partial charge in [0.15, 0.2) is 0 Å². The second-order valence-electron chi connectivity index (χ2n) is 5.49. The van der Waals surface area contributed by atoms with Crippen molar-refractivity contribution in [3.05, 3.63) is 29.8 Å². The zero-order chi connectivity index (χ0) is 18.8. The third kappa shape index (κ3) is 7.15. The van der Waals surface area contributed by atoms with Gasteiger partial charge < -0.3 is 5.32 Å². The van der Waals surface area contributed by atoms with Crippen molar-refractivity contribution in [1.29, 1.82) is 0 Å². The number of hydrogen-bond acceptors (Lipinski definition) is 3. The van der Waals surface area contributed by atoms with E-state index in [1.165, 1.54) is 0 Å². The zero-order valence-corrected chi connectivity index (χ0v) is 17.4. The minimum absolute atomic E-state index is 0.213. The highest BCUT2D eigenvalue weighted by molar-refractivity contribution is 9.10. The summed E-state index contributed by atoms with van der Waals surface area (Å²) in [5, 5.41) is 2.74. The van der Waals surface area contributed by atoms with Gasteiger partial charge in [0.1, 0.15) is 0 Å².